The molecule has 0 N–H and O–H groups in total. The highest BCUT2D eigenvalue weighted by molar-refractivity contribution is 6.00. The zero-order valence-electron chi connectivity index (χ0n) is 16.4. The summed E-state index contributed by atoms with van der Waals surface area (Å²) in [6, 6.07) is 12.9. The molecule has 2 aromatic carbocycles. The van der Waals surface area contributed by atoms with Gasteiger partial charge in [-0.2, -0.15) is 0 Å². The summed E-state index contributed by atoms with van der Waals surface area (Å²) in [5, 5.41) is 10.8. The minimum absolute atomic E-state index is 0.00113. The van der Waals surface area contributed by atoms with E-state index in [2.05, 4.69) is 0 Å². The van der Waals surface area contributed by atoms with Gasteiger partial charge in [-0.05, 0) is 43.7 Å². The van der Waals surface area contributed by atoms with Gasteiger partial charge >= 0.3 is 5.97 Å². The highest BCUT2D eigenvalue weighted by Gasteiger charge is 2.19. The molecule has 7 nitrogen and oxygen atoms in total. The van der Waals surface area contributed by atoms with Gasteiger partial charge in [0.2, 0.25) is 5.78 Å². The fraction of sp³-hybridized carbons (Fsp3) is 0.182. The molecule has 0 amide bonds. The number of nitro benzene ring substituents is 1. The van der Waals surface area contributed by atoms with Gasteiger partial charge in [0.25, 0.3) is 5.69 Å². The number of rotatable bonds is 7. The van der Waals surface area contributed by atoms with Crippen LogP contribution in [0.2, 0.25) is 0 Å². The molecule has 8 heteroatoms. The molecule has 3 aromatic rings. The quantitative estimate of drug-likeness (QED) is 0.251. The van der Waals surface area contributed by atoms with Crippen molar-refractivity contribution in [1.82, 2.24) is 4.57 Å². The molecule has 0 saturated carbocycles. The third kappa shape index (κ3) is 4.60. The zero-order valence-corrected chi connectivity index (χ0v) is 16.4. The molecule has 0 atom stereocenters. The number of benzene rings is 2. The maximum absolute atomic E-state index is 13.1. The normalized spacial score (nSPS) is 10.6. The SMILES string of the molecule is Cc1cc(C(=O)COC(=O)c2cccc([N+](=O)[O-])c2)c(C)n1Cc1ccc(F)cc1. The van der Waals surface area contributed by atoms with E-state index < -0.39 is 17.5 Å². The van der Waals surface area contributed by atoms with Crippen LogP contribution in [0.1, 0.15) is 37.7 Å². The summed E-state index contributed by atoms with van der Waals surface area (Å²) in [6.45, 7) is 3.62. The van der Waals surface area contributed by atoms with Crippen LogP contribution >= 0.6 is 0 Å². The van der Waals surface area contributed by atoms with Crippen molar-refractivity contribution in [3.63, 3.8) is 0 Å². The number of nitro groups is 1. The molecule has 1 heterocycles. The standard InChI is InChI=1S/C22H19FN2O5/c1-14-10-20(15(2)24(14)12-16-6-8-18(23)9-7-16)21(26)13-30-22(27)17-4-3-5-19(11-17)25(28)29/h3-11H,12-13H2,1-2H3. The predicted octanol–water partition coefficient (Wildman–Crippen LogP) is 4.24. The summed E-state index contributed by atoms with van der Waals surface area (Å²) in [4.78, 5) is 35.0. The van der Waals surface area contributed by atoms with Crippen molar-refractivity contribution in [3.05, 3.63) is 98.6 Å². The van der Waals surface area contributed by atoms with Crippen molar-refractivity contribution in [2.75, 3.05) is 6.61 Å². The molecule has 30 heavy (non-hydrogen) atoms. The largest absolute Gasteiger partial charge is 0.454 e. The van der Waals surface area contributed by atoms with Crippen LogP contribution in [-0.2, 0) is 11.3 Å². The van der Waals surface area contributed by atoms with E-state index in [1.54, 1.807) is 25.1 Å². The van der Waals surface area contributed by atoms with E-state index in [0.717, 1.165) is 17.3 Å². The lowest BCUT2D eigenvalue weighted by Gasteiger charge is -2.10. The highest BCUT2D eigenvalue weighted by atomic mass is 19.1. The fourth-order valence-corrected chi connectivity index (χ4v) is 3.14. The average molecular weight is 410 g/mol. The lowest BCUT2D eigenvalue weighted by Crippen LogP contribution is -2.15. The van der Waals surface area contributed by atoms with E-state index in [9.17, 15) is 24.1 Å². The molecule has 0 aliphatic rings. The zero-order chi connectivity index (χ0) is 21.8. The number of nitrogens with zero attached hydrogens (tertiary/aromatic N) is 2. The summed E-state index contributed by atoms with van der Waals surface area (Å²) in [5.74, 6) is -1.51. The third-order valence-corrected chi connectivity index (χ3v) is 4.76. The van der Waals surface area contributed by atoms with E-state index in [1.807, 2.05) is 11.5 Å². The van der Waals surface area contributed by atoms with Crippen LogP contribution in [0.25, 0.3) is 0 Å². The minimum atomic E-state index is -0.813. The molecule has 0 fully saturated rings. The van der Waals surface area contributed by atoms with Crippen molar-refractivity contribution in [1.29, 1.82) is 0 Å². The molecule has 154 valence electrons. The number of halogens is 1. The minimum Gasteiger partial charge on any atom is -0.454 e. The molecular formula is C22H19FN2O5. The molecule has 0 aliphatic heterocycles. The average Bonchev–Trinajstić information content (AvgIpc) is 3.01. The van der Waals surface area contributed by atoms with Crippen LogP contribution in [0.4, 0.5) is 10.1 Å². The van der Waals surface area contributed by atoms with Crippen LogP contribution in [0.5, 0.6) is 0 Å². The maximum atomic E-state index is 13.1. The van der Waals surface area contributed by atoms with Crippen LogP contribution in [0, 0.1) is 29.8 Å². The maximum Gasteiger partial charge on any atom is 0.338 e. The van der Waals surface area contributed by atoms with E-state index in [0.29, 0.717) is 17.8 Å². The van der Waals surface area contributed by atoms with Crippen LogP contribution < -0.4 is 0 Å². The predicted molar refractivity (Wildman–Crippen MR) is 107 cm³/mol. The van der Waals surface area contributed by atoms with Gasteiger partial charge in [0.15, 0.2) is 6.61 Å². The number of aryl methyl sites for hydroxylation is 1. The van der Waals surface area contributed by atoms with Crippen LogP contribution in [-0.4, -0.2) is 27.8 Å². The molecule has 0 radical (unpaired) electrons. The molecule has 0 bridgehead atoms. The van der Waals surface area contributed by atoms with Gasteiger partial charge in [-0.15, -0.1) is 0 Å². The number of ether oxygens (including phenoxy) is 1. The number of carbonyl (C=O) groups excluding carboxylic acids is 2. The summed E-state index contributed by atoms with van der Waals surface area (Å²) in [6.07, 6.45) is 0. The Morgan fingerprint density at radius 3 is 2.47 bits per heavy atom. The first-order chi connectivity index (χ1) is 14.3. The Labute approximate surface area is 171 Å². The summed E-state index contributed by atoms with van der Waals surface area (Å²) >= 11 is 0. The Balaban J connectivity index is 1.70. The number of esters is 1. The number of Topliss-reactive ketones (excluding diaryl/α,β-unsaturated/α-hetero) is 1. The van der Waals surface area contributed by atoms with Gasteiger partial charge in [0.1, 0.15) is 5.82 Å². The van der Waals surface area contributed by atoms with Gasteiger partial charge in [0, 0.05) is 35.6 Å². The van der Waals surface area contributed by atoms with Crippen molar-refractivity contribution >= 4 is 17.4 Å². The molecule has 0 saturated heterocycles. The van der Waals surface area contributed by atoms with Crippen molar-refractivity contribution in [3.8, 4) is 0 Å². The first-order valence-electron chi connectivity index (χ1n) is 9.12. The monoisotopic (exact) mass is 410 g/mol. The Bertz CT molecular complexity index is 1120. The first kappa shape index (κ1) is 20.9. The number of hydrogen-bond acceptors (Lipinski definition) is 5. The lowest BCUT2D eigenvalue weighted by atomic mass is 10.1. The number of non-ortho nitro benzene ring substituents is 1. The van der Waals surface area contributed by atoms with Crippen LogP contribution in [0.15, 0.2) is 54.6 Å². The van der Waals surface area contributed by atoms with Gasteiger partial charge in [-0.25, -0.2) is 9.18 Å². The van der Waals surface area contributed by atoms with E-state index in [-0.39, 0.29) is 22.9 Å². The fourth-order valence-electron chi connectivity index (χ4n) is 3.14. The number of aromatic nitrogens is 1. The summed E-state index contributed by atoms with van der Waals surface area (Å²) in [5.41, 5.74) is 2.60. The Hall–Kier alpha value is -3.81. The second kappa shape index (κ2) is 8.69. The number of ketones is 1. The number of hydrogen-bond donors (Lipinski definition) is 0. The smallest absolute Gasteiger partial charge is 0.338 e. The van der Waals surface area contributed by atoms with Crippen molar-refractivity contribution in [2.24, 2.45) is 0 Å². The summed E-state index contributed by atoms with van der Waals surface area (Å²) < 4.78 is 20.1. The van der Waals surface area contributed by atoms with E-state index in [4.69, 9.17) is 4.74 Å². The van der Waals surface area contributed by atoms with Gasteiger partial charge < -0.3 is 9.30 Å². The molecule has 0 aliphatic carbocycles. The lowest BCUT2D eigenvalue weighted by molar-refractivity contribution is -0.384. The van der Waals surface area contributed by atoms with Crippen molar-refractivity contribution in [2.45, 2.75) is 20.4 Å². The van der Waals surface area contributed by atoms with E-state index in [1.165, 1.54) is 30.3 Å². The molecule has 3 rings (SSSR count). The van der Waals surface area contributed by atoms with Gasteiger partial charge in [-0.3, -0.25) is 14.9 Å². The molecular weight excluding hydrogens is 391 g/mol. The van der Waals surface area contributed by atoms with Gasteiger partial charge in [-0.1, -0.05) is 18.2 Å². The number of carbonyl (C=O) groups is 2. The molecule has 1 aromatic heterocycles. The second-order valence-electron chi connectivity index (χ2n) is 6.80. The van der Waals surface area contributed by atoms with Crippen LogP contribution in [0.3, 0.4) is 0 Å². The van der Waals surface area contributed by atoms with E-state index >= 15 is 0 Å². The highest BCUT2D eigenvalue weighted by Crippen LogP contribution is 2.19. The first-order valence-corrected chi connectivity index (χ1v) is 9.12. The van der Waals surface area contributed by atoms with Crippen molar-refractivity contribution < 1.29 is 23.6 Å². The van der Waals surface area contributed by atoms with Gasteiger partial charge in [0.05, 0.1) is 10.5 Å². The third-order valence-electron chi connectivity index (χ3n) is 4.76. The molecule has 0 spiro atoms. The molecule has 0 unspecified atom stereocenters. The second-order valence-corrected chi connectivity index (χ2v) is 6.80. The Morgan fingerprint density at radius 1 is 1.10 bits per heavy atom. The summed E-state index contributed by atoms with van der Waals surface area (Å²) in [7, 11) is 0. The Morgan fingerprint density at radius 2 is 1.80 bits per heavy atom. The topological polar surface area (TPSA) is 91.4 Å². The Kier molecular flexibility index (Phi) is 6.06.